The van der Waals surface area contributed by atoms with E-state index in [0.29, 0.717) is 0 Å². The summed E-state index contributed by atoms with van der Waals surface area (Å²) in [7, 11) is 0. The number of carbonyl (C=O) groups excluding carboxylic acids is 1. The van der Waals surface area contributed by atoms with Gasteiger partial charge in [0.2, 0.25) is 5.91 Å². The van der Waals surface area contributed by atoms with Crippen molar-refractivity contribution < 1.29 is 9.53 Å². The maximum atomic E-state index is 11.0. The molecule has 16 heavy (non-hydrogen) atoms. The number of nitrogens with zero attached hydrogens (tertiary/aromatic N) is 1. The molecule has 0 aromatic rings. The molecule has 1 unspecified atom stereocenters. The van der Waals surface area contributed by atoms with Gasteiger partial charge in [0, 0.05) is 13.1 Å². The Morgan fingerprint density at radius 2 is 2.19 bits per heavy atom. The maximum absolute atomic E-state index is 11.0. The van der Waals surface area contributed by atoms with E-state index >= 15 is 0 Å². The van der Waals surface area contributed by atoms with Crippen molar-refractivity contribution in [1.82, 2.24) is 4.90 Å². The van der Waals surface area contributed by atoms with Crippen molar-refractivity contribution >= 4 is 17.7 Å². The molecular weight excluding hydrogens is 224 g/mol. The molecule has 0 bridgehead atoms. The van der Waals surface area contributed by atoms with Gasteiger partial charge in [-0.05, 0) is 25.1 Å². The molecular formula is C11H22N2O2S. The van der Waals surface area contributed by atoms with Crippen LogP contribution < -0.4 is 5.73 Å². The highest BCUT2D eigenvalue weighted by Gasteiger charge is 2.13. The molecule has 5 heteroatoms. The van der Waals surface area contributed by atoms with Crippen LogP contribution in [0.1, 0.15) is 19.8 Å². The Kier molecular flexibility index (Phi) is 6.84. The van der Waals surface area contributed by atoms with E-state index in [9.17, 15) is 4.79 Å². The SMILES string of the molecule is CCC(SCCCN1CCOCC1)C(N)=O. The number of rotatable bonds is 7. The predicted molar refractivity (Wildman–Crippen MR) is 67.6 cm³/mol. The molecule has 1 heterocycles. The van der Waals surface area contributed by atoms with Crippen LogP contribution in [0.15, 0.2) is 0 Å². The first-order valence-electron chi connectivity index (χ1n) is 5.95. The topological polar surface area (TPSA) is 55.6 Å². The van der Waals surface area contributed by atoms with Gasteiger partial charge >= 0.3 is 0 Å². The van der Waals surface area contributed by atoms with Crippen molar-refractivity contribution in [2.24, 2.45) is 5.73 Å². The largest absolute Gasteiger partial charge is 0.379 e. The van der Waals surface area contributed by atoms with Gasteiger partial charge in [-0.2, -0.15) is 0 Å². The minimum absolute atomic E-state index is 0.00955. The number of primary amides is 1. The lowest BCUT2D eigenvalue weighted by atomic mass is 10.3. The predicted octanol–water partition coefficient (Wildman–Crippen LogP) is 0.706. The van der Waals surface area contributed by atoms with Gasteiger partial charge in [-0.1, -0.05) is 6.92 Å². The fraction of sp³-hybridized carbons (Fsp3) is 0.909. The van der Waals surface area contributed by atoms with Crippen LogP contribution in [0.5, 0.6) is 0 Å². The third-order valence-electron chi connectivity index (χ3n) is 2.73. The summed E-state index contributed by atoms with van der Waals surface area (Å²) in [5, 5.41) is -0.00955. The second-order valence-corrected chi connectivity index (χ2v) is 5.29. The van der Waals surface area contributed by atoms with E-state index in [-0.39, 0.29) is 11.2 Å². The van der Waals surface area contributed by atoms with E-state index in [0.717, 1.165) is 51.4 Å². The van der Waals surface area contributed by atoms with E-state index in [2.05, 4.69) is 4.90 Å². The summed E-state index contributed by atoms with van der Waals surface area (Å²) < 4.78 is 5.29. The molecule has 0 radical (unpaired) electrons. The van der Waals surface area contributed by atoms with Crippen molar-refractivity contribution in [3.8, 4) is 0 Å². The van der Waals surface area contributed by atoms with Gasteiger partial charge in [0.1, 0.15) is 0 Å². The number of nitrogens with two attached hydrogens (primary N) is 1. The molecule has 1 atom stereocenters. The summed E-state index contributed by atoms with van der Waals surface area (Å²) in [6.07, 6.45) is 1.95. The Labute approximate surface area is 102 Å². The zero-order valence-electron chi connectivity index (χ0n) is 9.98. The highest BCUT2D eigenvalue weighted by Crippen LogP contribution is 2.15. The van der Waals surface area contributed by atoms with Crippen LogP contribution in [0.25, 0.3) is 0 Å². The van der Waals surface area contributed by atoms with Crippen molar-refractivity contribution in [1.29, 1.82) is 0 Å². The van der Waals surface area contributed by atoms with Crippen LogP contribution in [0, 0.1) is 0 Å². The van der Waals surface area contributed by atoms with Gasteiger partial charge in [-0.15, -0.1) is 11.8 Å². The highest BCUT2D eigenvalue weighted by molar-refractivity contribution is 8.00. The summed E-state index contributed by atoms with van der Waals surface area (Å²) in [5.41, 5.74) is 5.29. The summed E-state index contributed by atoms with van der Waals surface area (Å²) >= 11 is 1.69. The number of amides is 1. The van der Waals surface area contributed by atoms with E-state index < -0.39 is 0 Å². The Morgan fingerprint density at radius 3 is 2.75 bits per heavy atom. The van der Waals surface area contributed by atoms with E-state index in [1.807, 2.05) is 6.92 Å². The zero-order valence-corrected chi connectivity index (χ0v) is 10.8. The zero-order chi connectivity index (χ0) is 11.8. The highest BCUT2D eigenvalue weighted by atomic mass is 32.2. The van der Waals surface area contributed by atoms with E-state index in [4.69, 9.17) is 10.5 Å². The minimum Gasteiger partial charge on any atom is -0.379 e. The van der Waals surface area contributed by atoms with Gasteiger partial charge in [-0.25, -0.2) is 0 Å². The fourth-order valence-corrected chi connectivity index (χ4v) is 2.72. The van der Waals surface area contributed by atoms with Gasteiger partial charge in [-0.3, -0.25) is 9.69 Å². The number of thioether (sulfide) groups is 1. The van der Waals surface area contributed by atoms with Crippen molar-refractivity contribution in [2.75, 3.05) is 38.6 Å². The smallest absolute Gasteiger partial charge is 0.230 e. The average Bonchev–Trinajstić information content (AvgIpc) is 2.30. The maximum Gasteiger partial charge on any atom is 0.230 e. The van der Waals surface area contributed by atoms with Crippen molar-refractivity contribution in [3.05, 3.63) is 0 Å². The summed E-state index contributed by atoms with van der Waals surface area (Å²) in [4.78, 5) is 13.4. The van der Waals surface area contributed by atoms with Gasteiger partial charge in [0.05, 0.1) is 18.5 Å². The minimum atomic E-state index is -0.182. The Hall–Kier alpha value is -0.260. The van der Waals surface area contributed by atoms with E-state index in [1.54, 1.807) is 11.8 Å². The molecule has 1 amide bonds. The number of morpholine rings is 1. The number of hydrogen-bond acceptors (Lipinski definition) is 4. The molecule has 0 aromatic heterocycles. The number of ether oxygens (including phenoxy) is 1. The van der Waals surface area contributed by atoms with Crippen LogP contribution in [-0.2, 0) is 9.53 Å². The standard InChI is InChI=1S/C11H22N2O2S/c1-2-10(11(12)14)16-9-3-4-13-5-7-15-8-6-13/h10H,2-9H2,1H3,(H2,12,14). The van der Waals surface area contributed by atoms with Crippen LogP contribution in [0.3, 0.4) is 0 Å². The molecule has 1 aliphatic heterocycles. The van der Waals surface area contributed by atoms with Crippen molar-refractivity contribution in [3.63, 3.8) is 0 Å². The molecule has 1 rings (SSSR count). The molecule has 1 fully saturated rings. The molecule has 1 aliphatic rings. The third kappa shape index (κ3) is 5.18. The lowest BCUT2D eigenvalue weighted by Crippen LogP contribution is -2.37. The monoisotopic (exact) mass is 246 g/mol. The van der Waals surface area contributed by atoms with E-state index in [1.165, 1.54) is 0 Å². The Morgan fingerprint density at radius 1 is 1.50 bits per heavy atom. The van der Waals surface area contributed by atoms with Crippen molar-refractivity contribution in [2.45, 2.75) is 25.0 Å². The first-order valence-corrected chi connectivity index (χ1v) is 7.00. The van der Waals surface area contributed by atoms with Crippen LogP contribution in [-0.4, -0.2) is 54.7 Å². The van der Waals surface area contributed by atoms with Crippen LogP contribution in [0.2, 0.25) is 0 Å². The van der Waals surface area contributed by atoms with Gasteiger partial charge in [0.25, 0.3) is 0 Å². The summed E-state index contributed by atoms with van der Waals surface area (Å²) in [5.74, 6) is 0.831. The average molecular weight is 246 g/mol. The first kappa shape index (κ1) is 13.8. The Bertz CT molecular complexity index is 208. The fourth-order valence-electron chi connectivity index (χ4n) is 1.74. The van der Waals surface area contributed by atoms with Crippen LogP contribution in [0.4, 0.5) is 0 Å². The first-order chi connectivity index (χ1) is 7.74. The number of carbonyl (C=O) groups is 1. The molecule has 0 saturated carbocycles. The molecule has 1 saturated heterocycles. The normalized spacial score (nSPS) is 19.6. The molecule has 2 N–H and O–H groups in total. The number of hydrogen-bond donors (Lipinski definition) is 1. The van der Waals surface area contributed by atoms with Gasteiger partial charge in [0.15, 0.2) is 0 Å². The molecule has 0 aliphatic carbocycles. The second kappa shape index (κ2) is 7.92. The summed E-state index contributed by atoms with van der Waals surface area (Å²) in [6.45, 7) is 6.89. The van der Waals surface area contributed by atoms with Crippen LogP contribution >= 0.6 is 11.8 Å². The Balaban J connectivity index is 2.03. The molecule has 0 spiro atoms. The third-order valence-corrected chi connectivity index (χ3v) is 4.22. The second-order valence-electron chi connectivity index (χ2n) is 3.98. The summed E-state index contributed by atoms with van der Waals surface area (Å²) in [6, 6.07) is 0. The lowest BCUT2D eigenvalue weighted by molar-refractivity contribution is -0.117. The molecule has 0 aromatic carbocycles. The molecule has 94 valence electrons. The lowest BCUT2D eigenvalue weighted by Gasteiger charge is -2.26. The molecule has 4 nitrogen and oxygen atoms in total. The quantitative estimate of drug-likeness (QED) is 0.672. The van der Waals surface area contributed by atoms with Gasteiger partial charge < -0.3 is 10.5 Å².